The molecule has 0 amide bonds. The van der Waals surface area contributed by atoms with Gasteiger partial charge in [-0.15, -0.1) is 0 Å². The molecule has 0 saturated carbocycles. The Hall–Kier alpha value is -1.32. The van der Waals surface area contributed by atoms with Gasteiger partial charge in [-0.2, -0.15) is 0 Å². The highest BCUT2D eigenvalue weighted by molar-refractivity contribution is 5.81. The Morgan fingerprint density at radius 3 is 2.67 bits per heavy atom. The van der Waals surface area contributed by atoms with Crippen molar-refractivity contribution in [2.45, 2.75) is 18.4 Å². The first-order valence-electron chi connectivity index (χ1n) is 6.63. The van der Waals surface area contributed by atoms with Gasteiger partial charge in [0, 0.05) is 43.3 Å². The van der Waals surface area contributed by atoms with Gasteiger partial charge in [-0.1, -0.05) is 18.2 Å². The van der Waals surface area contributed by atoms with E-state index in [0.717, 1.165) is 19.5 Å². The number of rotatable bonds is 1. The number of hydrogen-bond acceptors (Lipinski definition) is 2. The number of nitrogens with two attached hydrogens (primary N) is 1. The van der Waals surface area contributed by atoms with Gasteiger partial charge in [0.2, 0.25) is 0 Å². The van der Waals surface area contributed by atoms with Crippen molar-refractivity contribution in [3.63, 3.8) is 0 Å². The van der Waals surface area contributed by atoms with E-state index in [1.54, 1.807) is 0 Å². The molecule has 3 nitrogen and oxygen atoms in total. The number of para-hydroxylation sites is 1. The number of nitrogens with zero attached hydrogens (tertiary/aromatic N) is 2. The molecule has 0 aliphatic carbocycles. The predicted octanol–water partition coefficient (Wildman–Crippen LogP) is 1.92. The monoisotopic (exact) mass is 243 g/mol. The van der Waals surface area contributed by atoms with Crippen LogP contribution >= 0.6 is 0 Å². The molecular weight excluding hydrogens is 222 g/mol. The van der Waals surface area contributed by atoms with Gasteiger partial charge in [0.15, 0.2) is 0 Å². The van der Waals surface area contributed by atoms with E-state index in [1.165, 1.54) is 16.6 Å². The number of aryl methyl sites for hydroxylation is 1. The fraction of sp³-hybridized carbons (Fsp3) is 0.467. The molecule has 1 aromatic carbocycles. The maximum Gasteiger partial charge on any atom is 0.0479 e. The molecule has 2 heterocycles. The average Bonchev–Trinajstić information content (AvgIpc) is 2.66. The fourth-order valence-corrected chi connectivity index (χ4v) is 3.28. The maximum absolute atomic E-state index is 6.15. The lowest BCUT2D eigenvalue weighted by molar-refractivity contribution is 0.223. The van der Waals surface area contributed by atoms with Crippen molar-refractivity contribution in [1.29, 1.82) is 0 Å². The van der Waals surface area contributed by atoms with Gasteiger partial charge in [0.1, 0.15) is 0 Å². The zero-order chi connectivity index (χ0) is 12.7. The molecular formula is C15H21N3. The van der Waals surface area contributed by atoms with E-state index in [2.05, 4.69) is 53.9 Å². The number of likely N-dealkylation sites (N-methyl/N-ethyl adjacent to an activating group) is 1. The minimum absolute atomic E-state index is 0.298. The standard InChI is InChI=1S/C15H21N3/c1-17-9-12(7-13(16)10-17)15-8-11-5-3-4-6-14(11)18(15)2/h3-6,8,12-13H,7,9-10,16H2,1-2H3. The molecule has 0 radical (unpaired) electrons. The molecule has 1 aliphatic rings. The van der Waals surface area contributed by atoms with Crippen molar-refractivity contribution in [2.75, 3.05) is 20.1 Å². The van der Waals surface area contributed by atoms with Gasteiger partial charge in [0.05, 0.1) is 0 Å². The molecule has 2 atom stereocenters. The number of hydrogen-bond donors (Lipinski definition) is 1. The first-order valence-corrected chi connectivity index (χ1v) is 6.63. The molecule has 96 valence electrons. The van der Waals surface area contributed by atoms with Crippen LogP contribution in [-0.4, -0.2) is 35.6 Å². The van der Waals surface area contributed by atoms with E-state index in [1.807, 2.05) is 0 Å². The third-order valence-electron chi connectivity index (χ3n) is 4.07. The molecule has 1 saturated heterocycles. The van der Waals surface area contributed by atoms with Crippen molar-refractivity contribution in [3.05, 3.63) is 36.0 Å². The van der Waals surface area contributed by atoms with E-state index in [-0.39, 0.29) is 0 Å². The lowest BCUT2D eigenvalue weighted by Crippen LogP contribution is -2.44. The SMILES string of the molecule is CN1CC(N)CC(c2cc3ccccc3n2C)C1. The Balaban J connectivity index is 2.01. The van der Waals surface area contributed by atoms with Crippen LogP contribution in [0.3, 0.4) is 0 Å². The van der Waals surface area contributed by atoms with Crippen molar-refractivity contribution in [2.24, 2.45) is 12.8 Å². The first kappa shape index (κ1) is 11.8. The smallest absolute Gasteiger partial charge is 0.0479 e. The Kier molecular flexibility index (Phi) is 2.88. The van der Waals surface area contributed by atoms with Crippen LogP contribution in [0.1, 0.15) is 18.0 Å². The minimum Gasteiger partial charge on any atom is -0.347 e. The Bertz CT molecular complexity index is 548. The third-order valence-corrected chi connectivity index (χ3v) is 4.07. The summed E-state index contributed by atoms with van der Waals surface area (Å²) in [6.45, 7) is 2.12. The van der Waals surface area contributed by atoms with Gasteiger partial charge in [-0.3, -0.25) is 0 Å². The van der Waals surface area contributed by atoms with Gasteiger partial charge in [-0.25, -0.2) is 0 Å². The second kappa shape index (κ2) is 4.41. The summed E-state index contributed by atoms with van der Waals surface area (Å²) in [6.07, 6.45) is 1.09. The number of fused-ring (bicyclic) bond motifs is 1. The summed E-state index contributed by atoms with van der Waals surface area (Å²) in [4.78, 5) is 2.34. The van der Waals surface area contributed by atoms with E-state index in [0.29, 0.717) is 12.0 Å². The lowest BCUT2D eigenvalue weighted by Gasteiger charge is -2.34. The highest BCUT2D eigenvalue weighted by Gasteiger charge is 2.26. The highest BCUT2D eigenvalue weighted by atomic mass is 15.1. The lowest BCUT2D eigenvalue weighted by atomic mass is 9.92. The van der Waals surface area contributed by atoms with E-state index >= 15 is 0 Å². The molecule has 3 heteroatoms. The van der Waals surface area contributed by atoms with Crippen LogP contribution in [0.2, 0.25) is 0 Å². The van der Waals surface area contributed by atoms with Crippen LogP contribution in [0.15, 0.2) is 30.3 Å². The van der Waals surface area contributed by atoms with Crippen LogP contribution in [0.5, 0.6) is 0 Å². The quantitative estimate of drug-likeness (QED) is 0.830. The van der Waals surface area contributed by atoms with Gasteiger partial charge < -0.3 is 15.2 Å². The summed E-state index contributed by atoms with van der Waals surface area (Å²) in [5, 5.41) is 1.33. The number of piperidine rings is 1. The van der Waals surface area contributed by atoms with E-state index in [4.69, 9.17) is 5.73 Å². The van der Waals surface area contributed by atoms with E-state index in [9.17, 15) is 0 Å². The summed E-state index contributed by atoms with van der Waals surface area (Å²) >= 11 is 0. The van der Waals surface area contributed by atoms with E-state index < -0.39 is 0 Å². The summed E-state index contributed by atoms with van der Waals surface area (Å²) in [7, 11) is 4.33. The zero-order valence-electron chi connectivity index (χ0n) is 11.1. The Morgan fingerprint density at radius 2 is 1.94 bits per heavy atom. The maximum atomic E-state index is 6.15. The Labute approximate surface area is 108 Å². The zero-order valence-corrected chi connectivity index (χ0v) is 11.1. The van der Waals surface area contributed by atoms with Gasteiger partial charge in [0.25, 0.3) is 0 Å². The predicted molar refractivity (Wildman–Crippen MR) is 75.7 cm³/mol. The molecule has 1 aliphatic heterocycles. The number of aromatic nitrogens is 1. The second-order valence-corrected chi connectivity index (χ2v) is 5.60. The summed E-state index contributed by atoms with van der Waals surface area (Å²) in [5.74, 6) is 0.552. The average molecular weight is 243 g/mol. The van der Waals surface area contributed by atoms with Crippen LogP contribution in [0, 0.1) is 0 Å². The molecule has 1 aromatic heterocycles. The van der Waals surface area contributed by atoms with Crippen LogP contribution in [0.25, 0.3) is 10.9 Å². The summed E-state index contributed by atoms with van der Waals surface area (Å²) < 4.78 is 2.33. The van der Waals surface area contributed by atoms with Crippen molar-refractivity contribution >= 4 is 10.9 Å². The molecule has 3 rings (SSSR count). The van der Waals surface area contributed by atoms with Gasteiger partial charge in [-0.05, 0) is 31.0 Å². The highest BCUT2D eigenvalue weighted by Crippen LogP contribution is 2.30. The van der Waals surface area contributed by atoms with Crippen molar-refractivity contribution in [3.8, 4) is 0 Å². The minimum atomic E-state index is 0.298. The third kappa shape index (κ3) is 1.93. The number of likely N-dealkylation sites (tertiary alicyclic amines) is 1. The first-order chi connectivity index (χ1) is 8.65. The number of benzene rings is 1. The van der Waals surface area contributed by atoms with Crippen LogP contribution in [0.4, 0.5) is 0 Å². The second-order valence-electron chi connectivity index (χ2n) is 5.60. The Morgan fingerprint density at radius 1 is 1.17 bits per heavy atom. The molecule has 0 spiro atoms. The molecule has 2 unspecified atom stereocenters. The van der Waals surface area contributed by atoms with Crippen LogP contribution < -0.4 is 5.73 Å². The van der Waals surface area contributed by atoms with Crippen LogP contribution in [-0.2, 0) is 7.05 Å². The molecule has 2 N–H and O–H groups in total. The fourth-order valence-electron chi connectivity index (χ4n) is 3.28. The largest absolute Gasteiger partial charge is 0.347 e. The van der Waals surface area contributed by atoms with Gasteiger partial charge >= 0.3 is 0 Å². The molecule has 0 bridgehead atoms. The molecule has 1 fully saturated rings. The molecule has 2 aromatic rings. The normalized spacial score (nSPS) is 25.7. The summed E-state index contributed by atoms with van der Waals surface area (Å²) in [5.41, 5.74) is 8.88. The molecule has 18 heavy (non-hydrogen) atoms. The van der Waals surface area contributed by atoms with Crippen molar-refractivity contribution in [1.82, 2.24) is 9.47 Å². The van der Waals surface area contributed by atoms with Crippen molar-refractivity contribution < 1.29 is 0 Å². The summed E-state index contributed by atoms with van der Waals surface area (Å²) in [6, 6.07) is 11.2. The topological polar surface area (TPSA) is 34.2 Å².